The third kappa shape index (κ3) is 2.38. The quantitative estimate of drug-likeness (QED) is 0.632. The zero-order valence-corrected chi connectivity index (χ0v) is 8.42. The summed E-state index contributed by atoms with van der Waals surface area (Å²) in [4.78, 5) is 10.0. The Morgan fingerprint density at radius 1 is 1.25 bits per heavy atom. The van der Waals surface area contributed by atoms with Crippen LogP contribution in [0.25, 0.3) is 0 Å². The summed E-state index contributed by atoms with van der Waals surface area (Å²) >= 11 is 0. The van der Waals surface area contributed by atoms with Gasteiger partial charge in [-0.05, 0) is 18.2 Å². The van der Waals surface area contributed by atoms with Crippen LogP contribution in [0.4, 0.5) is 11.4 Å². The highest BCUT2D eigenvalue weighted by atomic mass is 16.6. The number of hydrogen-bond acceptors (Lipinski definition) is 4. The Morgan fingerprint density at radius 3 is 2.56 bits per heavy atom. The van der Waals surface area contributed by atoms with E-state index in [-0.39, 0.29) is 5.69 Å². The van der Waals surface area contributed by atoms with Gasteiger partial charge in [0.25, 0.3) is 5.69 Å². The van der Waals surface area contributed by atoms with Crippen molar-refractivity contribution >= 4 is 11.4 Å². The van der Waals surface area contributed by atoms with Gasteiger partial charge in [0.05, 0.1) is 17.4 Å². The van der Waals surface area contributed by atoms with E-state index in [0.717, 1.165) is 11.3 Å². The van der Waals surface area contributed by atoms with Gasteiger partial charge in [-0.25, -0.2) is 0 Å². The zero-order chi connectivity index (χ0) is 11.4. The number of benzene rings is 1. The van der Waals surface area contributed by atoms with Gasteiger partial charge in [0.15, 0.2) is 0 Å². The summed E-state index contributed by atoms with van der Waals surface area (Å²) in [5, 5.41) is 13.6. The monoisotopic (exact) mass is 218 g/mol. The van der Waals surface area contributed by atoms with Crippen LogP contribution in [0.3, 0.4) is 0 Å². The largest absolute Gasteiger partial charge is 0.472 e. The van der Waals surface area contributed by atoms with Crippen LogP contribution >= 0.6 is 0 Å². The van der Waals surface area contributed by atoms with Gasteiger partial charge in [0.1, 0.15) is 0 Å². The Balaban J connectivity index is 1.98. The Hall–Kier alpha value is -2.30. The zero-order valence-electron chi connectivity index (χ0n) is 8.42. The van der Waals surface area contributed by atoms with E-state index in [1.54, 1.807) is 24.7 Å². The van der Waals surface area contributed by atoms with Gasteiger partial charge >= 0.3 is 0 Å². The van der Waals surface area contributed by atoms with Crippen LogP contribution in [0.15, 0.2) is 47.3 Å². The first-order chi connectivity index (χ1) is 7.75. The third-order valence-electron chi connectivity index (χ3n) is 2.15. The summed E-state index contributed by atoms with van der Waals surface area (Å²) in [6, 6.07) is 8.16. The minimum Gasteiger partial charge on any atom is -0.472 e. The van der Waals surface area contributed by atoms with Crippen LogP contribution in [0.2, 0.25) is 0 Å². The van der Waals surface area contributed by atoms with E-state index in [4.69, 9.17) is 4.42 Å². The average molecular weight is 218 g/mol. The number of nitro benzene ring substituents is 1. The summed E-state index contributed by atoms with van der Waals surface area (Å²) < 4.78 is 4.92. The molecule has 2 aromatic rings. The van der Waals surface area contributed by atoms with Crippen molar-refractivity contribution in [2.45, 2.75) is 6.54 Å². The van der Waals surface area contributed by atoms with E-state index in [9.17, 15) is 10.1 Å². The molecule has 1 aromatic carbocycles. The molecular formula is C11H10N2O3. The highest BCUT2D eigenvalue weighted by Gasteiger charge is 2.03. The fourth-order valence-corrected chi connectivity index (χ4v) is 1.30. The van der Waals surface area contributed by atoms with Gasteiger partial charge in [-0.3, -0.25) is 10.1 Å². The number of hydrogen-bond donors (Lipinski definition) is 1. The van der Waals surface area contributed by atoms with Crippen molar-refractivity contribution in [3.05, 3.63) is 58.5 Å². The van der Waals surface area contributed by atoms with Gasteiger partial charge < -0.3 is 9.73 Å². The summed E-state index contributed by atoms with van der Waals surface area (Å²) in [5.74, 6) is 0. The van der Waals surface area contributed by atoms with Crippen molar-refractivity contribution in [1.82, 2.24) is 0 Å². The Bertz CT molecular complexity index is 462. The van der Waals surface area contributed by atoms with Crippen molar-refractivity contribution in [2.75, 3.05) is 5.32 Å². The number of nitro groups is 1. The van der Waals surface area contributed by atoms with Crippen LogP contribution in [0, 0.1) is 10.1 Å². The Labute approximate surface area is 91.9 Å². The molecule has 0 fully saturated rings. The Kier molecular flexibility index (Phi) is 2.86. The molecule has 82 valence electrons. The molecule has 5 nitrogen and oxygen atoms in total. The standard InChI is InChI=1S/C11H10N2O3/c14-13(15)11-3-1-10(2-4-11)12-7-9-5-6-16-8-9/h1-6,8,12H,7H2. The summed E-state index contributed by atoms with van der Waals surface area (Å²) in [5.41, 5.74) is 1.96. The Morgan fingerprint density at radius 2 is 2.00 bits per heavy atom. The average Bonchev–Trinajstić information content (AvgIpc) is 2.80. The van der Waals surface area contributed by atoms with Crippen LogP contribution < -0.4 is 5.32 Å². The normalized spacial score (nSPS) is 10.0. The predicted octanol–water partition coefficient (Wildman–Crippen LogP) is 2.80. The molecule has 0 unspecified atom stereocenters. The molecule has 2 rings (SSSR count). The van der Waals surface area contributed by atoms with Gasteiger partial charge in [-0.1, -0.05) is 0 Å². The maximum absolute atomic E-state index is 10.4. The molecule has 0 spiro atoms. The lowest BCUT2D eigenvalue weighted by molar-refractivity contribution is -0.384. The first-order valence-electron chi connectivity index (χ1n) is 4.75. The summed E-state index contributed by atoms with van der Waals surface area (Å²) in [7, 11) is 0. The first kappa shape index (κ1) is 10.2. The highest BCUT2D eigenvalue weighted by Crippen LogP contribution is 2.16. The lowest BCUT2D eigenvalue weighted by atomic mass is 10.2. The summed E-state index contributed by atoms with van der Waals surface area (Å²) in [6.45, 7) is 0.633. The fourth-order valence-electron chi connectivity index (χ4n) is 1.30. The minimum atomic E-state index is -0.417. The van der Waals surface area contributed by atoms with Crippen LogP contribution in [0.5, 0.6) is 0 Å². The fraction of sp³-hybridized carbons (Fsp3) is 0.0909. The van der Waals surface area contributed by atoms with Crippen molar-refractivity contribution in [2.24, 2.45) is 0 Å². The highest BCUT2D eigenvalue weighted by molar-refractivity contribution is 5.48. The van der Waals surface area contributed by atoms with Crippen molar-refractivity contribution < 1.29 is 9.34 Å². The molecule has 0 saturated carbocycles. The molecule has 0 bridgehead atoms. The van der Waals surface area contributed by atoms with E-state index in [2.05, 4.69) is 5.32 Å². The van der Waals surface area contributed by atoms with Gasteiger partial charge in [-0.2, -0.15) is 0 Å². The van der Waals surface area contributed by atoms with E-state index < -0.39 is 4.92 Å². The van der Waals surface area contributed by atoms with Crippen molar-refractivity contribution in [3.8, 4) is 0 Å². The summed E-state index contributed by atoms with van der Waals surface area (Å²) in [6.07, 6.45) is 3.26. The maximum atomic E-state index is 10.4. The van der Waals surface area contributed by atoms with Crippen LogP contribution in [-0.2, 0) is 6.54 Å². The number of nitrogens with one attached hydrogen (secondary N) is 1. The SMILES string of the molecule is O=[N+]([O-])c1ccc(NCc2ccoc2)cc1. The molecule has 0 radical (unpaired) electrons. The van der Waals surface area contributed by atoms with Gasteiger partial charge in [0.2, 0.25) is 0 Å². The topological polar surface area (TPSA) is 68.3 Å². The second-order valence-corrected chi connectivity index (χ2v) is 3.29. The second kappa shape index (κ2) is 4.48. The van der Waals surface area contributed by atoms with Crippen LogP contribution in [0.1, 0.15) is 5.56 Å². The van der Waals surface area contributed by atoms with Crippen molar-refractivity contribution in [3.63, 3.8) is 0 Å². The lowest BCUT2D eigenvalue weighted by Crippen LogP contribution is -1.98. The molecule has 0 aliphatic heterocycles. The minimum absolute atomic E-state index is 0.0915. The third-order valence-corrected chi connectivity index (χ3v) is 2.15. The van der Waals surface area contributed by atoms with E-state index in [1.807, 2.05) is 6.07 Å². The number of anilines is 1. The molecule has 1 heterocycles. The van der Waals surface area contributed by atoms with E-state index in [1.165, 1.54) is 12.1 Å². The predicted molar refractivity (Wildman–Crippen MR) is 59.1 cm³/mol. The van der Waals surface area contributed by atoms with Gasteiger partial charge in [-0.15, -0.1) is 0 Å². The molecule has 0 saturated heterocycles. The molecule has 1 N–H and O–H groups in total. The molecule has 0 atom stereocenters. The molecule has 5 heteroatoms. The number of nitrogens with zero attached hydrogens (tertiary/aromatic N) is 1. The molecule has 16 heavy (non-hydrogen) atoms. The smallest absolute Gasteiger partial charge is 0.269 e. The van der Waals surface area contributed by atoms with Gasteiger partial charge in [0, 0.05) is 29.9 Å². The van der Waals surface area contributed by atoms with E-state index in [0.29, 0.717) is 6.54 Å². The maximum Gasteiger partial charge on any atom is 0.269 e. The number of rotatable bonds is 4. The first-order valence-corrected chi connectivity index (χ1v) is 4.75. The number of furan rings is 1. The van der Waals surface area contributed by atoms with Crippen molar-refractivity contribution in [1.29, 1.82) is 0 Å². The number of non-ortho nitro benzene ring substituents is 1. The lowest BCUT2D eigenvalue weighted by Gasteiger charge is -2.03. The molecule has 0 aliphatic rings. The molecule has 0 aliphatic carbocycles. The molecular weight excluding hydrogens is 208 g/mol. The van der Waals surface area contributed by atoms with Crippen LogP contribution in [-0.4, -0.2) is 4.92 Å². The molecule has 0 amide bonds. The second-order valence-electron chi connectivity index (χ2n) is 3.29. The molecule has 1 aromatic heterocycles. The van der Waals surface area contributed by atoms with E-state index >= 15 is 0 Å².